The van der Waals surface area contributed by atoms with Gasteiger partial charge in [0.05, 0.1) is 13.1 Å². The number of carbonyl (C=O) groups excluding carboxylic acids is 2. The highest BCUT2D eigenvalue weighted by molar-refractivity contribution is 5.85. The van der Waals surface area contributed by atoms with Gasteiger partial charge in [0.25, 0.3) is 0 Å². The maximum Gasteiger partial charge on any atom is 0.241 e. The fourth-order valence-electron chi connectivity index (χ4n) is 3.65. The van der Waals surface area contributed by atoms with Gasteiger partial charge < -0.3 is 10.2 Å². The van der Waals surface area contributed by atoms with E-state index in [0.29, 0.717) is 6.54 Å². The Balaban J connectivity index is 1.35. The van der Waals surface area contributed by atoms with Crippen LogP contribution < -0.4 is 5.32 Å². The van der Waals surface area contributed by atoms with Crippen LogP contribution >= 0.6 is 0 Å². The summed E-state index contributed by atoms with van der Waals surface area (Å²) >= 11 is 0. The van der Waals surface area contributed by atoms with Gasteiger partial charge in [-0.25, -0.2) is 0 Å². The minimum absolute atomic E-state index is 0.0406. The summed E-state index contributed by atoms with van der Waals surface area (Å²) in [5, 5.41) is 2.78. The number of amides is 2. The van der Waals surface area contributed by atoms with Crippen molar-refractivity contribution in [1.82, 2.24) is 20.0 Å². The Hall–Kier alpha value is -1.92. The lowest BCUT2D eigenvalue weighted by molar-refractivity contribution is -0.132. The first-order chi connectivity index (χ1) is 12.6. The van der Waals surface area contributed by atoms with Crippen LogP contribution in [0.25, 0.3) is 0 Å². The van der Waals surface area contributed by atoms with E-state index in [9.17, 15) is 9.59 Å². The van der Waals surface area contributed by atoms with Gasteiger partial charge in [-0.2, -0.15) is 0 Å². The summed E-state index contributed by atoms with van der Waals surface area (Å²) in [7, 11) is 0. The minimum atomic E-state index is -0.0510. The molecular formula is C20H30N4O2. The molecule has 1 aromatic carbocycles. The Morgan fingerprint density at radius 1 is 0.962 bits per heavy atom. The fraction of sp³-hybridized carbons (Fsp3) is 0.600. The lowest BCUT2D eigenvalue weighted by Gasteiger charge is -2.34. The van der Waals surface area contributed by atoms with Crippen molar-refractivity contribution in [2.24, 2.45) is 0 Å². The molecule has 0 spiro atoms. The van der Waals surface area contributed by atoms with Crippen LogP contribution in [0.1, 0.15) is 24.0 Å². The molecule has 26 heavy (non-hydrogen) atoms. The molecule has 3 rings (SSSR count). The van der Waals surface area contributed by atoms with Gasteiger partial charge in [0.2, 0.25) is 11.8 Å². The van der Waals surface area contributed by atoms with Gasteiger partial charge >= 0.3 is 0 Å². The number of hydrogen-bond donors (Lipinski definition) is 1. The van der Waals surface area contributed by atoms with Crippen LogP contribution in [0.15, 0.2) is 24.3 Å². The second-order valence-corrected chi connectivity index (χ2v) is 7.34. The van der Waals surface area contributed by atoms with E-state index in [0.717, 1.165) is 58.7 Å². The van der Waals surface area contributed by atoms with Crippen molar-refractivity contribution >= 4 is 11.8 Å². The van der Waals surface area contributed by atoms with Crippen molar-refractivity contribution in [3.8, 4) is 0 Å². The number of aryl methyl sites for hydroxylation is 1. The van der Waals surface area contributed by atoms with Gasteiger partial charge in [-0.15, -0.1) is 0 Å². The average Bonchev–Trinajstić information content (AvgIpc) is 3.18. The molecule has 2 fully saturated rings. The van der Waals surface area contributed by atoms with Crippen LogP contribution in [0, 0.1) is 6.92 Å². The molecule has 6 nitrogen and oxygen atoms in total. The molecule has 1 N–H and O–H groups in total. The molecule has 0 aliphatic carbocycles. The topological polar surface area (TPSA) is 55.9 Å². The summed E-state index contributed by atoms with van der Waals surface area (Å²) in [5.74, 6) is -0.0104. The smallest absolute Gasteiger partial charge is 0.241 e. The summed E-state index contributed by atoms with van der Waals surface area (Å²) in [6.45, 7) is 9.00. The Morgan fingerprint density at radius 3 is 2.31 bits per heavy atom. The molecule has 2 saturated heterocycles. The highest BCUT2D eigenvalue weighted by Gasteiger charge is 2.21. The summed E-state index contributed by atoms with van der Waals surface area (Å²) in [6.07, 6.45) is 2.15. The number of piperazine rings is 1. The number of hydrogen-bond acceptors (Lipinski definition) is 4. The lowest BCUT2D eigenvalue weighted by atomic mass is 10.1. The maximum atomic E-state index is 12.1. The van der Waals surface area contributed by atoms with Gasteiger partial charge in [0, 0.05) is 45.8 Å². The number of rotatable bonds is 6. The number of benzene rings is 1. The number of carbonyl (C=O) groups is 2. The third kappa shape index (κ3) is 5.29. The van der Waals surface area contributed by atoms with E-state index in [-0.39, 0.29) is 18.4 Å². The summed E-state index contributed by atoms with van der Waals surface area (Å²) in [4.78, 5) is 30.5. The number of nitrogens with zero attached hydrogens (tertiary/aromatic N) is 3. The first-order valence-electron chi connectivity index (χ1n) is 9.65. The lowest BCUT2D eigenvalue weighted by Crippen LogP contribution is -2.50. The molecular weight excluding hydrogens is 328 g/mol. The van der Waals surface area contributed by atoms with Crippen LogP contribution in [0.3, 0.4) is 0 Å². The zero-order valence-electron chi connectivity index (χ0n) is 15.7. The second-order valence-electron chi connectivity index (χ2n) is 7.34. The standard InChI is InChI=1S/C20H30N4O2/c1-17-6-2-3-7-18(17)15-22-10-12-23(13-11-22)16-19(25)21-14-20(26)24-8-4-5-9-24/h2-3,6-7H,4-5,8-16H2,1H3,(H,21,25). The maximum absolute atomic E-state index is 12.1. The van der Waals surface area contributed by atoms with Crippen molar-refractivity contribution in [1.29, 1.82) is 0 Å². The van der Waals surface area contributed by atoms with Crippen LogP contribution in [-0.2, 0) is 16.1 Å². The molecule has 0 atom stereocenters. The first-order valence-corrected chi connectivity index (χ1v) is 9.65. The van der Waals surface area contributed by atoms with Crippen molar-refractivity contribution in [2.75, 3.05) is 52.4 Å². The Kier molecular flexibility index (Phi) is 6.63. The summed E-state index contributed by atoms with van der Waals surface area (Å²) in [6, 6.07) is 8.50. The van der Waals surface area contributed by atoms with Gasteiger partial charge in [-0.1, -0.05) is 24.3 Å². The molecule has 0 saturated carbocycles. The predicted octanol–water partition coefficient (Wildman–Crippen LogP) is 0.851. The fourth-order valence-corrected chi connectivity index (χ4v) is 3.65. The molecule has 2 aliphatic rings. The zero-order valence-corrected chi connectivity index (χ0v) is 15.7. The van der Waals surface area contributed by atoms with E-state index < -0.39 is 0 Å². The van der Waals surface area contributed by atoms with E-state index in [2.05, 4.69) is 46.3 Å². The van der Waals surface area contributed by atoms with Crippen LogP contribution in [-0.4, -0.2) is 78.9 Å². The van der Waals surface area contributed by atoms with Gasteiger partial charge in [0.1, 0.15) is 0 Å². The SMILES string of the molecule is Cc1ccccc1CN1CCN(CC(=O)NCC(=O)N2CCCC2)CC1. The molecule has 0 aromatic heterocycles. The van der Waals surface area contributed by atoms with E-state index in [1.54, 1.807) is 0 Å². The normalized spacial score (nSPS) is 18.9. The third-order valence-electron chi connectivity index (χ3n) is 5.38. The van der Waals surface area contributed by atoms with E-state index in [1.807, 2.05) is 4.90 Å². The Labute approximate surface area is 156 Å². The van der Waals surface area contributed by atoms with Gasteiger partial charge in [-0.05, 0) is 30.9 Å². The second kappa shape index (κ2) is 9.14. The highest BCUT2D eigenvalue weighted by Crippen LogP contribution is 2.12. The van der Waals surface area contributed by atoms with Crippen molar-refractivity contribution in [3.63, 3.8) is 0 Å². The largest absolute Gasteiger partial charge is 0.346 e. The molecule has 2 aliphatic heterocycles. The molecule has 0 unspecified atom stereocenters. The highest BCUT2D eigenvalue weighted by atomic mass is 16.2. The first kappa shape index (κ1) is 18.9. The predicted molar refractivity (Wildman–Crippen MR) is 102 cm³/mol. The minimum Gasteiger partial charge on any atom is -0.346 e. The van der Waals surface area contributed by atoms with Crippen molar-refractivity contribution in [3.05, 3.63) is 35.4 Å². The quantitative estimate of drug-likeness (QED) is 0.819. The molecule has 142 valence electrons. The monoisotopic (exact) mass is 358 g/mol. The van der Waals surface area contributed by atoms with Crippen molar-refractivity contribution < 1.29 is 9.59 Å². The van der Waals surface area contributed by atoms with Crippen molar-refractivity contribution in [2.45, 2.75) is 26.3 Å². The molecule has 2 amide bonds. The van der Waals surface area contributed by atoms with Gasteiger partial charge in [0.15, 0.2) is 0 Å². The molecule has 0 radical (unpaired) electrons. The van der Waals surface area contributed by atoms with Gasteiger partial charge in [-0.3, -0.25) is 19.4 Å². The molecule has 2 heterocycles. The third-order valence-corrected chi connectivity index (χ3v) is 5.38. The van der Waals surface area contributed by atoms with E-state index in [1.165, 1.54) is 11.1 Å². The van der Waals surface area contributed by atoms with Crippen LogP contribution in [0.2, 0.25) is 0 Å². The Morgan fingerprint density at radius 2 is 1.62 bits per heavy atom. The summed E-state index contributed by atoms with van der Waals surface area (Å²) < 4.78 is 0. The van der Waals surface area contributed by atoms with Crippen LogP contribution in [0.4, 0.5) is 0 Å². The summed E-state index contributed by atoms with van der Waals surface area (Å²) in [5.41, 5.74) is 2.70. The van der Waals surface area contributed by atoms with E-state index in [4.69, 9.17) is 0 Å². The number of nitrogens with one attached hydrogen (secondary N) is 1. The Bertz CT molecular complexity index is 620. The molecule has 0 bridgehead atoms. The number of likely N-dealkylation sites (tertiary alicyclic amines) is 1. The van der Waals surface area contributed by atoms with E-state index >= 15 is 0 Å². The van der Waals surface area contributed by atoms with Crippen LogP contribution in [0.5, 0.6) is 0 Å². The zero-order chi connectivity index (χ0) is 18.4. The molecule has 6 heteroatoms. The molecule has 1 aromatic rings. The average molecular weight is 358 g/mol.